The third-order valence-electron chi connectivity index (χ3n) is 4.67. The van der Waals surface area contributed by atoms with Crippen LogP contribution in [0.15, 0.2) is 51.8 Å². The summed E-state index contributed by atoms with van der Waals surface area (Å²) in [7, 11) is -3.70. The zero-order chi connectivity index (χ0) is 20.3. The van der Waals surface area contributed by atoms with Gasteiger partial charge in [0.15, 0.2) is 0 Å². The van der Waals surface area contributed by atoms with Gasteiger partial charge in [0.1, 0.15) is 11.6 Å². The Bertz CT molecular complexity index is 939. The van der Waals surface area contributed by atoms with E-state index in [-0.39, 0.29) is 36.4 Å². The quantitative estimate of drug-likeness (QED) is 0.724. The van der Waals surface area contributed by atoms with Gasteiger partial charge in [-0.2, -0.15) is 4.31 Å². The molecule has 0 aliphatic carbocycles. The van der Waals surface area contributed by atoms with Crippen molar-refractivity contribution in [2.45, 2.75) is 24.3 Å². The van der Waals surface area contributed by atoms with Crippen LogP contribution in [-0.4, -0.2) is 31.7 Å². The number of carbonyl (C=O) groups is 1. The van der Waals surface area contributed by atoms with Crippen LogP contribution in [0.5, 0.6) is 0 Å². The van der Waals surface area contributed by atoms with E-state index >= 15 is 0 Å². The third kappa shape index (κ3) is 4.95. The topological polar surface area (TPSA) is 66.5 Å². The second-order valence-corrected chi connectivity index (χ2v) is 9.48. The van der Waals surface area contributed by atoms with Crippen LogP contribution in [0, 0.1) is 17.6 Å². The maximum Gasteiger partial charge on any atom is 0.243 e. The number of hydrogen-bond acceptors (Lipinski definition) is 3. The van der Waals surface area contributed by atoms with Crippen molar-refractivity contribution in [2.75, 3.05) is 13.1 Å². The van der Waals surface area contributed by atoms with Gasteiger partial charge in [-0.25, -0.2) is 17.2 Å². The molecule has 0 bridgehead atoms. The standard InChI is InChI=1S/C19H19BrF2N2O3S/c20-15-9-13(10-17(22)11-15)12-23-19(25)14-5-7-24(8-6-14)28(26,27)18-3-1-16(21)2-4-18/h1-4,9-11,14H,5-8,12H2,(H,23,25). The minimum absolute atomic E-state index is 0.0356. The fourth-order valence-corrected chi connectivity index (χ4v) is 5.14. The number of sulfonamides is 1. The minimum atomic E-state index is -3.70. The molecule has 5 nitrogen and oxygen atoms in total. The van der Waals surface area contributed by atoms with Crippen molar-refractivity contribution in [1.82, 2.24) is 9.62 Å². The first-order chi connectivity index (χ1) is 13.3. The predicted octanol–water partition coefficient (Wildman–Crippen LogP) is 3.44. The Kier molecular flexibility index (Phi) is 6.47. The largest absolute Gasteiger partial charge is 0.352 e. The lowest BCUT2D eigenvalue weighted by atomic mass is 9.97. The van der Waals surface area contributed by atoms with Gasteiger partial charge in [-0.15, -0.1) is 0 Å². The average Bonchev–Trinajstić information content (AvgIpc) is 2.66. The molecule has 1 fully saturated rings. The van der Waals surface area contributed by atoms with E-state index in [0.29, 0.717) is 22.9 Å². The highest BCUT2D eigenvalue weighted by atomic mass is 79.9. The molecule has 1 aliphatic heterocycles. The van der Waals surface area contributed by atoms with Gasteiger partial charge in [0.2, 0.25) is 15.9 Å². The van der Waals surface area contributed by atoms with Crippen LogP contribution in [0.4, 0.5) is 8.78 Å². The smallest absolute Gasteiger partial charge is 0.243 e. The van der Waals surface area contributed by atoms with Gasteiger partial charge < -0.3 is 5.32 Å². The van der Waals surface area contributed by atoms with Crippen LogP contribution >= 0.6 is 15.9 Å². The number of nitrogens with one attached hydrogen (secondary N) is 1. The number of hydrogen-bond donors (Lipinski definition) is 1. The molecule has 0 unspecified atom stereocenters. The Balaban J connectivity index is 1.55. The maximum atomic E-state index is 13.4. The van der Waals surface area contributed by atoms with Gasteiger partial charge in [-0.05, 0) is 60.9 Å². The fraction of sp³-hybridized carbons (Fsp3) is 0.316. The number of nitrogens with zero attached hydrogens (tertiary/aromatic N) is 1. The van der Waals surface area contributed by atoms with Crippen molar-refractivity contribution in [3.8, 4) is 0 Å². The van der Waals surface area contributed by atoms with E-state index in [1.54, 1.807) is 6.07 Å². The van der Waals surface area contributed by atoms with Crippen LogP contribution in [0.1, 0.15) is 18.4 Å². The SMILES string of the molecule is O=C(NCc1cc(F)cc(Br)c1)C1CCN(S(=O)(=O)c2ccc(F)cc2)CC1. The Hall–Kier alpha value is -1.84. The first-order valence-electron chi connectivity index (χ1n) is 8.74. The molecule has 2 aromatic rings. The van der Waals surface area contributed by atoms with Crippen molar-refractivity contribution in [3.63, 3.8) is 0 Å². The van der Waals surface area contributed by atoms with Gasteiger partial charge in [0.05, 0.1) is 4.90 Å². The second-order valence-electron chi connectivity index (χ2n) is 6.63. The van der Waals surface area contributed by atoms with Crippen molar-refractivity contribution >= 4 is 31.9 Å². The first-order valence-corrected chi connectivity index (χ1v) is 11.0. The lowest BCUT2D eigenvalue weighted by molar-refractivity contribution is -0.126. The molecular weight excluding hydrogens is 454 g/mol. The Morgan fingerprint density at radius 1 is 1.07 bits per heavy atom. The molecule has 28 heavy (non-hydrogen) atoms. The van der Waals surface area contributed by atoms with Crippen LogP contribution < -0.4 is 5.32 Å². The van der Waals surface area contributed by atoms with Crippen LogP contribution in [-0.2, 0) is 21.4 Å². The highest BCUT2D eigenvalue weighted by molar-refractivity contribution is 9.10. The number of rotatable bonds is 5. The fourth-order valence-electron chi connectivity index (χ4n) is 3.16. The lowest BCUT2D eigenvalue weighted by Crippen LogP contribution is -2.42. The molecule has 1 aliphatic rings. The van der Waals surface area contributed by atoms with E-state index in [9.17, 15) is 22.0 Å². The van der Waals surface area contributed by atoms with E-state index in [4.69, 9.17) is 0 Å². The normalized spacial score (nSPS) is 16.1. The number of piperidine rings is 1. The zero-order valence-corrected chi connectivity index (χ0v) is 17.3. The number of amides is 1. The van der Waals surface area contributed by atoms with Gasteiger partial charge >= 0.3 is 0 Å². The zero-order valence-electron chi connectivity index (χ0n) is 14.9. The molecule has 1 saturated heterocycles. The molecule has 1 heterocycles. The molecule has 150 valence electrons. The number of carbonyl (C=O) groups excluding carboxylic acids is 1. The predicted molar refractivity (Wildman–Crippen MR) is 104 cm³/mol. The molecule has 0 radical (unpaired) electrons. The van der Waals surface area contributed by atoms with Crippen LogP contribution in [0.25, 0.3) is 0 Å². The van der Waals surface area contributed by atoms with Crippen LogP contribution in [0.2, 0.25) is 0 Å². The molecule has 0 atom stereocenters. The van der Waals surface area contributed by atoms with Gasteiger partial charge in [-0.1, -0.05) is 15.9 Å². The Morgan fingerprint density at radius 3 is 2.32 bits per heavy atom. The summed E-state index contributed by atoms with van der Waals surface area (Å²) >= 11 is 3.21. The summed E-state index contributed by atoms with van der Waals surface area (Å²) in [5.74, 6) is -1.38. The summed E-state index contributed by atoms with van der Waals surface area (Å²) < 4.78 is 53.6. The summed E-state index contributed by atoms with van der Waals surface area (Å²) in [6.07, 6.45) is 0.776. The van der Waals surface area contributed by atoms with Gasteiger partial charge in [0.25, 0.3) is 0 Å². The molecule has 2 aromatic carbocycles. The molecule has 1 N–H and O–H groups in total. The number of benzene rings is 2. The van der Waals surface area contributed by atoms with E-state index in [2.05, 4.69) is 21.2 Å². The third-order valence-corrected chi connectivity index (χ3v) is 7.04. The molecule has 0 spiro atoms. The molecule has 3 rings (SSSR count). The molecule has 1 amide bonds. The van der Waals surface area contributed by atoms with E-state index in [1.807, 2.05) is 0 Å². The summed E-state index contributed by atoms with van der Waals surface area (Å²) in [4.78, 5) is 12.4. The summed E-state index contributed by atoms with van der Waals surface area (Å²) in [5.41, 5.74) is 0.636. The van der Waals surface area contributed by atoms with Gasteiger partial charge in [0, 0.05) is 30.0 Å². The molecular formula is C19H19BrF2N2O3S. The van der Waals surface area contributed by atoms with Crippen molar-refractivity contribution < 1.29 is 22.0 Å². The highest BCUT2D eigenvalue weighted by Crippen LogP contribution is 2.24. The van der Waals surface area contributed by atoms with E-state index in [1.165, 1.54) is 28.6 Å². The summed E-state index contributed by atoms with van der Waals surface area (Å²) in [5, 5.41) is 2.78. The molecule has 9 heteroatoms. The number of halogens is 3. The second kappa shape index (κ2) is 8.67. The summed E-state index contributed by atoms with van der Waals surface area (Å²) in [6.45, 7) is 0.621. The Morgan fingerprint density at radius 2 is 1.71 bits per heavy atom. The van der Waals surface area contributed by atoms with Crippen LogP contribution in [0.3, 0.4) is 0 Å². The van der Waals surface area contributed by atoms with E-state index in [0.717, 1.165) is 12.1 Å². The van der Waals surface area contributed by atoms with Crippen molar-refractivity contribution in [3.05, 3.63) is 64.1 Å². The van der Waals surface area contributed by atoms with E-state index < -0.39 is 21.7 Å². The molecule has 0 aromatic heterocycles. The molecule has 0 saturated carbocycles. The highest BCUT2D eigenvalue weighted by Gasteiger charge is 2.32. The Labute approximate surface area is 170 Å². The average molecular weight is 473 g/mol. The van der Waals surface area contributed by atoms with Gasteiger partial charge in [-0.3, -0.25) is 4.79 Å². The van der Waals surface area contributed by atoms with Crippen molar-refractivity contribution in [1.29, 1.82) is 0 Å². The summed E-state index contributed by atoms with van der Waals surface area (Å²) in [6, 6.07) is 9.10. The monoisotopic (exact) mass is 472 g/mol. The van der Waals surface area contributed by atoms with Crippen molar-refractivity contribution in [2.24, 2.45) is 5.92 Å². The lowest BCUT2D eigenvalue weighted by Gasteiger charge is -2.30. The minimum Gasteiger partial charge on any atom is -0.352 e. The maximum absolute atomic E-state index is 13.4. The first kappa shape index (κ1) is 20.9.